The largest absolute Gasteiger partial charge is 0.480 e. The standard InChI is InChI=1S/C9H11NO2S/c10-7(8(13)9(11)12)6-4-2-1-3-5-6/h1-5,7-8,13H,10H2,(H,11,12)/t7-,8-/m0/s1. The van der Waals surface area contributed by atoms with Crippen molar-refractivity contribution in [3.8, 4) is 0 Å². The molecule has 0 amide bonds. The van der Waals surface area contributed by atoms with Gasteiger partial charge < -0.3 is 10.8 Å². The Balaban J connectivity index is 2.79. The molecule has 0 heterocycles. The molecule has 0 radical (unpaired) electrons. The second-order valence-electron chi connectivity index (χ2n) is 2.72. The molecule has 0 spiro atoms. The van der Waals surface area contributed by atoms with Crippen molar-refractivity contribution in [2.75, 3.05) is 0 Å². The lowest BCUT2D eigenvalue weighted by molar-refractivity contribution is -0.136. The molecule has 13 heavy (non-hydrogen) atoms. The quantitative estimate of drug-likeness (QED) is 0.635. The lowest BCUT2D eigenvalue weighted by atomic mass is 10.0. The summed E-state index contributed by atoms with van der Waals surface area (Å²) in [5.41, 5.74) is 6.46. The van der Waals surface area contributed by atoms with E-state index in [1.54, 1.807) is 12.1 Å². The van der Waals surface area contributed by atoms with E-state index in [2.05, 4.69) is 12.6 Å². The van der Waals surface area contributed by atoms with Gasteiger partial charge in [-0.05, 0) is 5.56 Å². The van der Waals surface area contributed by atoms with Crippen LogP contribution in [-0.4, -0.2) is 16.3 Å². The molecule has 0 aromatic heterocycles. The number of nitrogens with two attached hydrogens (primary N) is 1. The zero-order chi connectivity index (χ0) is 9.84. The zero-order valence-corrected chi connectivity index (χ0v) is 7.82. The zero-order valence-electron chi connectivity index (χ0n) is 6.92. The van der Waals surface area contributed by atoms with Crippen LogP contribution in [0, 0.1) is 0 Å². The number of aliphatic carboxylic acids is 1. The molecule has 1 aromatic carbocycles. The highest BCUT2D eigenvalue weighted by Gasteiger charge is 2.21. The Morgan fingerprint density at radius 2 is 1.92 bits per heavy atom. The predicted octanol–water partition coefficient (Wildman–Crippen LogP) is 1.07. The second kappa shape index (κ2) is 4.30. The molecule has 0 fully saturated rings. The summed E-state index contributed by atoms with van der Waals surface area (Å²) in [6.07, 6.45) is 0. The van der Waals surface area contributed by atoms with Gasteiger partial charge in [-0.3, -0.25) is 4.79 Å². The van der Waals surface area contributed by atoms with E-state index in [-0.39, 0.29) is 0 Å². The summed E-state index contributed by atoms with van der Waals surface area (Å²) in [6, 6.07) is 8.50. The number of hydrogen-bond donors (Lipinski definition) is 3. The minimum atomic E-state index is -1.00. The summed E-state index contributed by atoms with van der Waals surface area (Å²) in [4.78, 5) is 10.6. The molecule has 0 saturated heterocycles. The molecule has 1 rings (SSSR count). The summed E-state index contributed by atoms with van der Waals surface area (Å²) < 4.78 is 0. The van der Waals surface area contributed by atoms with Gasteiger partial charge in [0, 0.05) is 0 Å². The van der Waals surface area contributed by atoms with Crippen LogP contribution >= 0.6 is 12.6 Å². The van der Waals surface area contributed by atoms with E-state index in [1.807, 2.05) is 18.2 Å². The van der Waals surface area contributed by atoms with Gasteiger partial charge in [0.05, 0.1) is 6.04 Å². The Morgan fingerprint density at radius 3 is 2.38 bits per heavy atom. The predicted molar refractivity (Wildman–Crippen MR) is 53.8 cm³/mol. The maximum Gasteiger partial charge on any atom is 0.318 e. The molecule has 70 valence electrons. The first-order chi connectivity index (χ1) is 6.13. The number of rotatable bonds is 3. The third-order valence-corrected chi connectivity index (χ3v) is 2.32. The fraction of sp³-hybridized carbons (Fsp3) is 0.222. The minimum Gasteiger partial charge on any atom is -0.480 e. The Bertz CT molecular complexity index is 289. The Labute approximate surface area is 82.0 Å². The fourth-order valence-electron chi connectivity index (χ4n) is 1.01. The topological polar surface area (TPSA) is 63.3 Å². The van der Waals surface area contributed by atoms with Crippen LogP contribution in [0.1, 0.15) is 11.6 Å². The van der Waals surface area contributed by atoms with E-state index < -0.39 is 17.3 Å². The Hall–Kier alpha value is -1.00. The van der Waals surface area contributed by atoms with E-state index in [1.165, 1.54) is 0 Å². The lowest BCUT2D eigenvalue weighted by Gasteiger charge is -2.15. The highest BCUT2D eigenvalue weighted by atomic mass is 32.1. The maximum absolute atomic E-state index is 10.6. The van der Waals surface area contributed by atoms with Crippen molar-refractivity contribution in [1.29, 1.82) is 0 Å². The lowest BCUT2D eigenvalue weighted by Crippen LogP contribution is -2.28. The van der Waals surface area contributed by atoms with E-state index in [0.29, 0.717) is 0 Å². The van der Waals surface area contributed by atoms with Crippen LogP contribution in [0.2, 0.25) is 0 Å². The van der Waals surface area contributed by atoms with Crippen molar-refractivity contribution < 1.29 is 9.90 Å². The van der Waals surface area contributed by atoms with Crippen molar-refractivity contribution >= 4 is 18.6 Å². The van der Waals surface area contributed by atoms with Gasteiger partial charge in [0.15, 0.2) is 0 Å². The Kier molecular flexibility index (Phi) is 3.33. The summed E-state index contributed by atoms with van der Waals surface area (Å²) in [5, 5.41) is 7.80. The smallest absolute Gasteiger partial charge is 0.318 e. The molecule has 2 atom stereocenters. The van der Waals surface area contributed by atoms with Crippen LogP contribution in [0.15, 0.2) is 30.3 Å². The molecule has 1 aromatic rings. The summed E-state index contributed by atoms with van der Waals surface area (Å²) in [6.45, 7) is 0. The summed E-state index contributed by atoms with van der Waals surface area (Å²) >= 11 is 3.91. The van der Waals surface area contributed by atoms with Crippen molar-refractivity contribution in [2.45, 2.75) is 11.3 Å². The first kappa shape index (κ1) is 10.1. The molecule has 0 aliphatic carbocycles. The van der Waals surface area contributed by atoms with Crippen LogP contribution in [0.4, 0.5) is 0 Å². The fourth-order valence-corrected chi connectivity index (χ4v) is 1.18. The molecular formula is C9H11NO2S. The van der Waals surface area contributed by atoms with Crippen molar-refractivity contribution in [3.63, 3.8) is 0 Å². The van der Waals surface area contributed by atoms with Gasteiger partial charge in [0.25, 0.3) is 0 Å². The van der Waals surface area contributed by atoms with E-state index >= 15 is 0 Å². The third kappa shape index (κ3) is 2.47. The molecule has 3 nitrogen and oxygen atoms in total. The van der Waals surface area contributed by atoms with E-state index in [4.69, 9.17) is 10.8 Å². The highest BCUT2D eigenvalue weighted by Crippen LogP contribution is 2.17. The third-order valence-electron chi connectivity index (χ3n) is 1.78. The average molecular weight is 197 g/mol. The molecule has 0 aliphatic rings. The van der Waals surface area contributed by atoms with Crippen molar-refractivity contribution in [3.05, 3.63) is 35.9 Å². The monoisotopic (exact) mass is 197 g/mol. The second-order valence-corrected chi connectivity index (χ2v) is 3.28. The number of carboxylic acids is 1. The van der Waals surface area contributed by atoms with Crippen molar-refractivity contribution in [1.82, 2.24) is 0 Å². The molecule has 4 heteroatoms. The van der Waals surface area contributed by atoms with Crippen LogP contribution in [-0.2, 0) is 4.79 Å². The number of carbonyl (C=O) groups is 1. The minimum absolute atomic E-state index is 0.568. The summed E-state index contributed by atoms with van der Waals surface area (Å²) in [5.74, 6) is -1.00. The summed E-state index contributed by atoms with van der Waals surface area (Å²) in [7, 11) is 0. The first-order valence-electron chi connectivity index (χ1n) is 3.84. The molecule has 0 saturated carbocycles. The van der Waals surface area contributed by atoms with Gasteiger partial charge in [-0.1, -0.05) is 30.3 Å². The number of carboxylic acid groups (broad SMARTS) is 1. The average Bonchev–Trinajstić information content (AvgIpc) is 2.17. The van der Waals surface area contributed by atoms with Gasteiger partial charge in [-0.2, -0.15) is 12.6 Å². The van der Waals surface area contributed by atoms with Gasteiger partial charge in [0.1, 0.15) is 5.25 Å². The molecule has 0 unspecified atom stereocenters. The van der Waals surface area contributed by atoms with Gasteiger partial charge >= 0.3 is 5.97 Å². The van der Waals surface area contributed by atoms with Gasteiger partial charge in [-0.25, -0.2) is 0 Å². The molecule has 0 aliphatic heterocycles. The van der Waals surface area contributed by atoms with E-state index in [0.717, 1.165) is 5.56 Å². The molecular weight excluding hydrogens is 186 g/mol. The van der Waals surface area contributed by atoms with Crippen LogP contribution in [0.25, 0.3) is 0 Å². The number of hydrogen-bond acceptors (Lipinski definition) is 3. The molecule has 3 N–H and O–H groups in total. The SMILES string of the molecule is N[C@@H](c1ccccc1)[C@H](S)C(=O)O. The maximum atomic E-state index is 10.6. The van der Waals surface area contributed by atoms with Gasteiger partial charge in [-0.15, -0.1) is 0 Å². The van der Waals surface area contributed by atoms with Gasteiger partial charge in [0.2, 0.25) is 0 Å². The van der Waals surface area contributed by atoms with Crippen LogP contribution in [0.3, 0.4) is 0 Å². The van der Waals surface area contributed by atoms with Crippen molar-refractivity contribution in [2.24, 2.45) is 5.73 Å². The molecule has 0 bridgehead atoms. The Morgan fingerprint density at radius 1 is 1.38 bits per heavy atom. The number of benzene rings is 1. The first-order valence-corrected chi connectivity index (χ1v) is 4.36. The normalized spacial score (nSPS) is 14.9. The van der Waals surface area contributed by atoms with E-state index in [9.17, 15) is 4.79 Å². The highest BCUT2D eigenvalue weighted by molar-refractivity contribution is 7.81. The van der Waals surface area contributed by atoms with Crippen LogP contribution in [0.5, 0.6) is 0 Å². The van der Waals surface area contributed by atoms with Crippen LogP contribution < -0.4 is 5.73 Å². The number of thiol groups is 1.